The summed E-state index contributed by atoms with van der Waals surface area (Å²) in [4.78, 5) is 16.2. The molecule has 0 aromatic heterocycles. The quantitative estimate of drug-likeness (QED) is 0.907. The molecule has 1 atom stereocenters. The molecule has 1 aromatic carbocycles. The molecule has 1 N–H and O–H groups in total. The fourth-order valence-corrected chi connectivity index (χ4v) is 3.47. The van der Waals surface area contributed by atoms with Crippen molar-refractivity contribution in [2.45, 2.75) is 32.4 Å². The summed E-state index contributed by atoms with van der Waals surface area (Å²) in [6.45, 7) is 5.90. The fourth-order valence-electron chi connectivity index (χ4n) is 3.47. The van der Waals surface area contributed by atoms with E-state index >= 15 is 0 Å². The zero-order valence-electron chi connectivity index (χ0n) is 12.4. The lowest BCUT2D eigenvalue weighted by molar-refractivity contribution is -0.129. The van der Waals surface area contributed by atoms with Crippen LogP contribution in [0, 0.1) is 6.92 Å². The summed E-state index contributed by atoms with van der Waals surface area (Å²) < 4.78 is 0. The minimum atomic E-state index is 0.343. The molecular weight excluding hydrogens is 250 g/mol. The van der Waals surface area contributed by atoms with Gasteiger partial charge in [0.25, 0.3) is 0 Å². The summed E-state index contributed by atoms with van der Waals surface area (Å²) in [7, 11) is 1.97. The average molecular weight is 273 g/mol. The van der Waals surface area contributed by atoms with Crippen molar-refractivity contribution in [1.29, 1.82) is 0 Å². The third-order valence-corrected chi connectivity index (χ3v) is 4.48. The van der Waals surface area contributed by atoms with Crippen LogP contribution in [0.2, 0.25) is 0 Å². The zero-order chi connectivity index (χ0) is 14.1. The molecule has 2 saturated heterocycles. The largest absolute Gasteiger partial charge is 0.367 e. The molecule has 2 aliphatic rings. The highest BCUT2D eigenvalue weighted by Gasteiger charge is 2.35. The van der Waals surface area contributed by atoms with Crippen LogP contribution < -0.4 is 10.2 Å². The molecule has 20 heavy (non-hydrogen) atoms. The third kappa shape index (κ3) is 2.40. The van der Waals surface area contributed by atoms with Crippen molar-refractivity contribution in [1.82, 2.24) is 10.2 Å². The Morgan fingerprint density at radius 3 is 2.95 bits per heavy atom. The van der Waals surface area contributed by atoms with E-state index < -0.39 is 0 Å². The molecule has 1 aromatic rings. The number of fused-ring (bicyclic) bond motifs is 1. The summed E-state index contributed by atoms with van der Waals surface area (Å²) >= 11 is 0. The molecule has 2 aliphatic heterocycles. The zero-order valence-corrected chi connectivity index (χ0v) is 12.4. The van der Waals surface area contributed by atoms with Crippen LogP contribution in [-0.2, 0) is 11.3 Å². The standard InChI is InChI=1S/C16H23N3O/c1-12-9-13(10-17-2)3-5-15(12)18-7-8-19-14(11-18)4-6-16(19)20/h3,5,9,14,17H,4,6-8,10-11H2,1-2H3. The topological polar surface area (TPSA) is 35.6 Å². The van der Waals surface area contributed by atoms with Gasteiger partial charge in [-0.05, 0) is 37.6 Å². The van der Waals surface area contributed by atoms with Gasteiger partial charge in [0.2, 0.25) is 5.91 Å². The van der Waals surface area contributed by atoms with E-state index in [9.17, 15) is 4.79 Å². The van der Waals surface area contributed by atoms with Crippen LogP contribution in [0.5, 0.6) is 0 Å². The minimum Gasteiger partial charge on any atom is -0.367 e. The summed E-state index contributed by atoms with van der Waals surface area (Å²) in [6.07, 6.45) is 1.75. The van der Waals surface area contributed by atoms with Gasteiger partial charge < -0.3 is 15.1 Å². The van der Waals surface area contributed by atoms with Crippen LogP contribution in [0.25, 0.3) is 0 Å². The second kappa shape index (κ2) is 5.44. The average Bonchev–Trinajstić information content (AvgIpc) is 2.80. The predicted octanol–water partition coefficient (Wildman–Crippen LogP) is 1.53. The van der Waals surface area contributed by atoms with E-state index in [0.29, 0.717) is 11.9 Å². The van der Waals surface area contributed by atoms with E-state index in [1.54, 1.807) is 0 Å². The van der Waals surface area contributed by atoms with E-state index in [-0.39, 0.29) is 0 Å². The maximum Gasteiger partial charge on any atom is 0.223 e. The first kappa shape index (κ1) is 13.4. The van der Waals surface area contributed by atoms with E-state index in [0.717, 1.165) is 39.0 Å². The van der Waals surface area contributed by atoms with Gasteiger partial charge in [-0.3, -0.25) is 4.79 Å². The molecule has 0 radical (unpaired) electrons. The molecule has 3 rings (SSSR count). The number of benzene rings is 1. The Morgan fingerprint density at radius 1 is 1.35 bits per heavy atom. The monoisotopic (exact) mass is 273 g/mol. The van der Waals surface area contributed by atoms with Crippen LogP contribution in [0.4, 0.5) is 5.69 Å². The van der Waals surface area contributed by atoms with Gasteiger partial charge in [-0.25, -0.2) is 0 Å². The summed E-state index contributed by atoms with van der Waals surface area (Å²) in [6, 6.07) is 7.12. The van der Waals surface area contributed by atoms with Crippen molar-refractivity contribution in [3.05, 3.63) is 29.3 Å². The maximum absolute atomic E-state index is 11.7. The van der Waals surface area contributed by atoms with Gasteiger partial charge in [0.1, 0.15) is 0 Å². The number of hydrogen-bond acceptors (Lipinski definition) is 3. The van der Waals surface area contributed by atoms with Gasteiger partial charge >= 0.3 is 0 Å². The molecule has 108 valence electrons. The number of carbonyl (C=O) groups is 1. The number of nitrogens with one attached hydrogen (secondary N) is 1. The van der Waals surface area contributed by atoms with E-state index in [2.05, 4.69) is 40.2 Å². The van der Waals surface area contributed by atoms with Gasteiger partial charge in [0.05, 0.1) is 0 Å². The number of nitrogens with zero attached hydrogens (tertiary/aromatic N) is 2. The number of amides is 1. The van der Waals surface area contributed by atoms with Crippen LogP contribution >= 0.6 is 0 Å². The molecule has 0 bridgehead atoms. The van der Waals surface area contributed by atoms with Gasteiger partial charge in [0, 0.05) is 44.3 Å². The first-order valence-corrected chi connectivity index (χ1v) is 7.47. The van der Waals surface area contributed by atoms with Gasteiger partial charge in [-0.15, -0.1) is 0 Å². The van der Waals surface area contributed by atoms with Crippen molar-refractivity contribution < 1.29 is 4.79 Å². The third-order valence-electron chi connectivity index (χ3n) is 4.48. The normalized spacial score (nSPS) is 22.3. The lowest BCUT2D eigenvalue weighted by Crippen LogP contribution is -2.51. The van der Waals surface area contributed by atoms with E-state index in [1.165, 1.54) is 16.8 Å². The maximum atomic E-state index is 11.7. The van der Waals surface area contributed by atoms with Crippen molar-refractivity contribution in [2.75, 3.05) is 31.6 Å². The predicted molar refractivity (Wildman–Crippen MR) is 80.9 cm³/mol. The molecule has 0 aliphatic carbocycles. The number of aryl methyl sites for hydroxylation is 1. The van der Waals surface area contributed by atoms with Gasteiger partial charge in [-0.1, -0.05) is 12.1 Å². The van der Waals surface area contributed by atoms with Crippen LogP contribution in [-0.4, -0.2) is 43.5 Å². The summed E-state index contributed by atoms with van der Waals surface area (Å²) in [5.41, 5.74) is 3.97. The van der Waals surface area contributed by atoms with Crippen LogP contribution in [0.3, 0.4) is 0 Å². The lowest BCUT2D eigenvalue weighted by Gasteiger charge is -2.39. The van der Waals surface area contributed by atoms with Crippen molar-refractivity contribution in [2.24, 2.45) is 0 Å². The number of hydrogen-bond donors (Lipinski definition) is 1. The smallest absolute Gasteiger partial charge is 0.223 e. The number of carbonyl (C=O) groups excluding carboxylic acids is 1. The van der Waals surface area contributed by atoms with Crippen molar-refractivity contribution >= 4 is 11.6 Å². The van der Waals surface area contributed by atoms with Gasteiger partial charge in [0.15, 0.2) is 0 Å². The fraction of sp³-hybridized carbons (Fsp3) is 0.562. The Hall–Kier alpha value is -1.55. The highest BCUT2D eigenvalue weighted by molar-refractivity contribution is 5.79. The Labute approximate surface area is 120 Å². The number of anilines is 1. The molecule has 2 heterocycles. The highest BCUT2D eigenvalue weighted by atomic mass is 16.2. The molecule has 1 amide bonds. The SMILES string of the molecule is CNCc1ccc(N2CCN3C(=O)CCC3C2)c(C)c1. The molecule has 2 fully saturated rings. The van der Waals surface area contributed by atoms with E-state index in [1.807, 2.05) is 7.05 Å². The van der Waals surface area contributed by atoms with Crippen LogP contribution in [0.15, 0.2) is 18.2 Å². The molecule has 1 unspecified atom stereocenters. The first-order valence-electron chi connectivity index (χ1n) is 7.47. The van der Waals surface area contributed by atoms with Gasteiger partial charge in [-0.2, -0.15) is 0 Å². The van der Waals surface area contributed by atoms with E-state index in [4.69, 9.17) is 0 Å². The molecule has 0 saturated carbocycles. The Bertz CT molecular complexity index is 514. The number of rotatable bonds is 3. The molecule has 0 spiro atoms. The Morgan fingerprint density at radius 2 is 2.20 bits per heavy atom. The second-order valence-corrected chi connectivity index (χ2v) is 5.88. The summed E-state index contributed by atoms with van der Waals surface area (Å²) in [5.74, 6) is 0.343. The Kier molecular flexibility index (Phi) is 3.66. The van der Waals surface area contributed by atoms with Crippen LogP contribution in [0.1, 0.15) is 24.0 Å². The first-order chi connectivity index (χ1) is 9.69. The molecular formula is C16H23N3O. The minimum absolute atomic E-state index is 0.343. The van der Waals surface area contributed by atoms with Crippen molar-refractivity contribution in [3.63, 3.8) is 0 Å². The highest BCUT2D eigenvalue weighted by Crippen LogP contribution is 2.28. The number of piperazine rings is 1. The van der Waals surface area contributed by atoms with Crippen molar-refractivity contribution in [3.8, 4) is 0 Å². The molecule has 4 heteroatoms. The Balaban J connectivity index is 1.75. The lowest BCUT2D eigenvalue weighted by atomic mass is 10.1. The second-order valence-electron chi connectivity index (χ2n) is 5.88. The summed E-state index contributed by atoms with van der Waals surface area (Å²) in [5, 5.41) is 3.19. The molecule has 4 nitrogen and oxygen atoms in total.